The normalized spacial score (nSPS) is 59.2. The Labute approximate surface area is 151 Å². The zero-order valence-corrected chi connectivity index (χ0v) is 16.1. The largest absolute Gasteiger partial charge is 0.393 e. The minimum atomic E-state index is -0.511. The molecular weight excluding hydrogens is 312 g/mol. The molecule has 3 saturated carbocycles. The summed E-state index contributed by atoms with van der Waals surface area (Å²) < 4.78 is 6.19. The van der Waals surface area contributed by atoms with Crippen molar-refractivity contribution in [1.29, 1.82) is 0 Å². The van der Waals surface area contributed by atoms with Gasteiger partial charge < -0.3 is 9.84 Å². The van der Waals surface area contributed by atoms with Crippen molar-refractivity contribution < 1.29 is 14.6 Å². The fourth-order valence-corrected chi connectivity index (χ4v) is 8.26. The number of fused-ring (bicyclic) bond motifs is 7. The van der Waals surface area contributed by atoms with Gasteiger partial charge in [-0.2, -0.15) is 0 Å². The minimum Gasteiger partial charge on any atom is -0.393 e. The Kier molecular flexibility index (Phi) is 3.03. The fourth-order valence-electron chi connectivity index (χ4n) is 8.26. The highest BCUT2D eigenvalue weighted by Crippen LogP contribution is 2.77. The predicted molar refractivity (Wildman–Crippen MR) is 96.0 cm³/mol. The molecule has 8 atom stereocenters. The number of carbonyl (C=O) groups excluding carboxylic acids is 1. The summed E-state index contributed by atoms with van der Waals surface area (Å²) in [5, 5.41) is 10.1. The molecule has 1 aliphatic heterocycles. The van der Waals surface area contributed by atoms with Crippen LogP contribution in [0.2, 0.25) is 0 Å². The Morgan fingerprint density at radius 1 is 1.20 bits per heavy atom. The van der Waals surface area contributed by atoms with Gasteiger partial charge in [0.1, 0.15) is 5.60 Å². The van der Waals surface area contributed by atoms with E-state index in [1.165, 1.54) is 12.0 Å². The molecule has 4 aliphatic carbocycles. The summed E-state index contributed by atoms with van der Waals surface area (Å²) in [4.78, 5) is 12.6. The topological polar surface area (TPSA) is 49.8 Å². The van der Waals surface area contributed by atoms with Gasteiger partial charge in [0, 0.05) is 5.41 Å². The molecule has 138 valence electrons. The summed E-state index contributed by atoms with van der Waals surface area (Å²) in [5.41, 5.74) is 1.05. The van der Waals surface area contributed by atoms with Crippen LogP contribution >= 0.6 is 0 Å². The third-order valence-corrected chi connectivity index (χ3v) is 9.46. The third kappa shape index (κ3) is 1.69. The van der Waals surface area contributed by atoms with Crippen LogP contribution in [0.3, 0.4) is 0 Å². The van der Waals surface area contributed by atoms with E-state index in [4.69, 9.17) is 4.74 Å². The maximum Gasteiger partial charge on any atom is 0.165 e. The first-order valence-corrected chi connectivity index (χ1v) is 10.3. The zero-order valence-electron chi connectivity index (χ0n) is 16.1. The van der Waals surface area contributed by atoms with Crippen molar-refractivity contribution in [2.45, 2.75) is 89.9 Å². The van der Waals surface area contributed by atoms with Crippen molar-refractivity contribution in [1.82, 2.24) is 0 Å². The van der Waals surface area contributed by atoms with Crippen molar-refractivity contribution in [3.63, 3.8) is 0 Å². The lowest BCUT2D eigenvalue weighted by atomic mass is 9.47. The number of aliphatic hydroxyl groups excluding tert-OH is 1. The summed E-state index contributed by atoms with van der Waals surface area (Å²) >= 11 is 0. The molecule has 0 radical (unpaired) electrons. The lowest BCUT2D eigenvalue weighted by Gasteiger charge is -2.58. The molecule has 0 amide bonds. The minimum absolute atomic E-state index is 0.00460. The van der Waals surface area contributed by atoms with Crippen LogP contribution in [0.1, 0.15) is 72.6 Å². The molecule has 0 aromatic rings. The Morgan fingerprint density at radius 2 is 1.96 bits per heavy atom. The van der Waals surface area contributed by atoms with Crippen molar-refractivity contribution in [3.05, 3.63) is 11.6 Å². The van der Waals surface area contributed by atoms with E-state index >= 15 is 0 Å². The van der Waals surface area contributed by atoms with E-state index in [-0.39, 0.29) is 28.3 Å². The smallest absolute Gasteiger partial charge is 0.165 e. The molecule has 3 heteroatoms. The van der Waals surface area contributed by atoms with Gasteiger partial charge in [-0.15, -0.1) is 0 Å². The van der Waals surface area contributed by atoms with E-state index < -0.39 is 5.60 Å². The highest BCUT2D eigenvalue weighted by molar-refractivity contribution is 5.91. The van der Waals surface area contributed by atoms with Gasteiger partial charge >= 0.3 is 0 Å². The van der Waals surface area contributed by atoms with Gasteiger partial charge in [-0.1, -0.05) is 25.5 Å². The van der Waals surface area contributed by atoms with Gasteiger partial charge in [-0.05, 0) is 82.0 Å². The van der Waals surface area contributed by atoms with E-state index in [0.29, 0.717) is 17.8 Å². The highest BCUT2D eigenvalue weighted by atomic mass is 16.6. The molecule has 0 bridgehead atoms. The SMILES string of the molecule is CC(=O)[C@@]12O[C@]1(C)CC1C3CC=C4CC(O)CCC4(C)C3CCC12C. The van der Waals surface area contributed by atoms with Crippen molar-refractivity contribution in [2.75, 3.05) is 0 Å². The van der Waals surface area contributed by atoms with Crippen LogP contribution in [0.15, 0.2) is 11.6 Å². The first-order valence-electron chi connectivity index (χ1n) is 10.3. The molecule has 0 spiro atoms. The molecular formula is C22H32O3. The van der Waals surface area contributed by atoms with Gasteiger partial charge in [-0.3, -0.25) is 4.79 Å². The summed E-state index contributed by atoms with van der Waals surface area (Å²) in [6, 6.07) is 0. The molecule has 3 nitrogen and oxygen atoms in total. The standard InChI is InChI=1S/C22H32O3/c1-13(23)22-20(3)10-8-17-16(18(20)12-21(22,4)25-22)6-5-14-11-15(24)7-9-19(14,17)2/h5,15-18,24H,6-12H2,1-4H3/t15?,16?,17?,18?,19?,20?,21-,22+/m1/s1. The second-order valence-electron chi connectivity index (χ2n) is 10.4. The van der Waals surface area contributed by atoms with Gasteiger partial charge in [0.15, 0.2) is 11.4 Å². The van der Waals surface area contributed by atoms with Crippen LogP contribution in [-0.2, 0) is 9.53 Å². The Balaban J connectivity index is 1.53. The van der Waals surface area contributed by atoms with Crippen LogP contribution in [0.5, 0.6) is 0 Å². The third-order valence-electron chi connectivity index (χ3n) is 9.46. The lowest BCUT2D eigenvalue weighted by Crippen LogP contribution is -2.54. The van der Waals surface area contributed by atoms with Gasteiger partial charge in [0.2, 0.25) is 0 Å². The summed E-state index contributed by atoms with van der Waals surface area (Å²) in [6.07, 6.45) is 9.75. The average molecular weight is 344 g/mol. The Bertz CT molecular complexity index is 683. The first kappa shape index (κ1) is 16.5. The number of hydrogen-bond acceptors (Lipinski definition) is 3. The second kappa shape index (κ2) is 4.59. The maximum atomic E-state index is 12.6. The summed E-state index contributed by atoms with van der Waals surface area (Å²) in [6.45, 7) is 8.72. The number of ketones is 1. The number of carbonyl (C=O) groups is 1. The number of epoxide rings is 1. The molecule has 25 heavy (non-hydrogen) atoms. The molecule has 1 heterocycles. The maximum absolute atomic E-state index is 12.6. The van der Waals surface area contributed by atoms with Crippen LogP contribution in [0, 0.1) is 28.6 Å². The van der Waals surface area contributed by atoms with E-state index in [1.54, 1.807) is 6.92 Å². The van der Waals surface area contributed by atoms with Crippen LogP contribution < -0.4 is 0 Å². The van der Waals surface area contributed by atoms with Gasteiger partial charge in [0.25, 0.3) is 0 Å². The summed E-state index contributed by atoms with van der Waals surface area (Å²) in [5.74, 6) is 2.23. The van der Waals surface area contributed by atoms with E-state index in [2.05, 4.69) is 26.8 Å². The van der Waals surface area contributed by atoms with E-state index in [0.717, 1.165) is 38.5 Å². The number of rotatable bonds is 1. The lowest BCUT2D eigenvalue weighted by molar-refractivity contribution is -0.135. The molecule has 6 unspecified atom stereocenters. The molecule has 0 aromatic heterocycles. The second-order valence-corrected chi connectivity index (χ2v) is 10.4. The molecule has 5 aliphatic rings. The summed E-state index contributed by atoms with van der Waals surface area (Å²) in [7, 11) is 0. The molecule has 4 fully saturated rings. The van der Waals surface area contributed by atoms with Crippen LogP contribution in [-0.4, -0.2) is 28.2 Å². The number of Topliss-reactive ketones (excluding diaryl/α,β-unsaturated/α-hetero) is 1. The van der Waals surface area contributed by atoms with Gasteiger partial charge in [-0.25, -0.2) is 0 Å². The monoisotopic (exact) mass is 344 g/mol. The molecule has 1 N–H and O–H groups in total. The quantitative estimate of drug-likeness (QED) is 0.577. The Morgan fingerprint density at radius 3 is 2.68 bits per heavy atom. The predicted octanol–water partition coefficient (Wildman–Crippen LogP) is 4.04. The van der Waals surface area contributed by atoms with Crippen LogP contribution in [0.4, 0.5) is 0 Å². The fraction of sp³-hybridized carbons (Fsp3) is 0.864. The zero-order chi connectivity index (χ0) is 17.8. The van der Waals surface area contributed by atoms with Gasteiger partial charge in [0.05, 0.1) is 6.10 Å². The average Bonchev–Trinajstić information content (AvgIpc) is 3.13. The van der Waals surface area contributed by atoms with Crippen LogP contribution in [0.25, 0.3) is 0 Å². The Hall–Kier alpha value is -0.670. The number of allylic oxidation sites excluding steroid dienone is 1. The number of hydrogen-bond donors (Lipinski definition) is 1. The van der Waals surface area contributed by atoms with Crippen molar-refractivity contribution in [3.8, 4) is 0 Å². The molecule has 0 aromatic carbocycles. The van der Waals surface area contributed by atoms with Crippen molar-refractivity contribution >= 4 is 5.78 Å². The number of ether oxygens (including phenoxy) is 1. The first-order chi connectivity index (χ1) is 11.7. The molecule has 5 rings (SSSR count). The van der Waals surface area contributed by atoms with Crippen molar-refractivity contribution in [2.24, 2.45) is 28.6 Å². The van der Waals surface area contributed by atoms with E-state index in [9.17, 15) is 9.90 Å². The highest BCUT2D eigenvalue weighted by Gasteiger charge is 2.85. The molecule has 1 saturated heterocycles. The van der Waals surface area contributed by atoms with E-state index in [1.807, 2.05) is 0 Å². The number of aliphatic hydroxyl groups is 1.